The van der Waals surface area contributed by atoms with Crippen LogP contribution in [0, 0.1) is 18.8 Å². The number of hydrogen-bond donors (Lipinski definition) is 2. The molecule has 0 amide bonds. The van der Waals surface area contributed by atoms with Crippen molar-refractivity contribution in [2.45, 2.75) is 25.8 Å². The van der Waals surface area contributed by atoms with E-state index in [1.807, 2.05) is 23.9 Å². The van der Waals surface area contributed by atoms with E-state index in [1.54, 1.807) is 35.9 Å². The Morgan fingerprint density at radius 3 is 2.85 bits per heavy atom. The minimum absolute atomic E-state index is 0.246. The summed E-state index contributed by atoms with van der Waals surface area (Å²) < 4.78 is 3.11. The first kappa shape index (κ1) is 16.6. The highest BCUT2D eigenvalue weighted by Crippen LogP contribution is 2.31. The van der Waals surface area contributed by atoms with Crippen molar-refractivity contribution in [2.24, 2.45) is 7.05 Å². The number of anilines is 1. The van der Waals surface area contributed by atoms with Crippen LogP contribution in [0.1, 0.15) is 39.9 Å². The molecule has 0 aliphatic heterocycles. The number of aromatic carboxylic acids is 1. The van der Waals surface area contributed by atoms with Crippen LogP contribution in [0.4, 0.5) is 5.82 Å². The van der Waals surface area contributed by atoms with Crippen LogP contribution < -0.4 is 9.88 Å². The fourth-order valence-corrected chi connectivity index (χ4v) is 3.71. The van der Waals surface area contributed by atoms with Crippen LogP contribution in [0.3, 0.4) is 0 Å². The van der Waals surface area contributed by atoms with Gasteiger partial charge in [-0.2, -0.15) is 0 Å². The topological polar surface area (TPSA) is 66.1 Å². The van der Waals surface area contributed by atoms with Gasteiger partial charge in [0.1, 0.15) is 4.70 Å². The quantitative estimate of drug-likeness (QED) is 0.554. The van der Waals surface area contributed by atoms with Crippen molar-refractivity contribution in [3.05, 3.63) is 52.2 Å². The molecule has 0 unspecified atom stereocenters. The molecule has 1 aliphatic rings. The summed E-state index contributed by atoms with van der Waals surface area (Å²) in [5.74, 6) is 6.43. The van der Waals surface area contributed by atoms with Gasteiger partial charge in [-0.05, 0) is 37.5 Å². The maximum absolute atomic E-state index is 11.2. The van der Waals surface area contributed by atoms with Crippen molar-refractivity contribution in [1.29, 1.82) is 0 Å². The SMILES string of the molecule is Cc1ccc(C(=O)O)cc1C#Cc1csc2c(NC3CC3)[n+](C)cnc12. The summed E-state index contributed by atoms with van der Waals surface area (Å²) in [4.78, 5) is 15.7. The molecule has 3 aromatic rings. The number of thiophene rings is 1. The standard InChI is InChI=1S/C20H17N3O2S/c1-12-3-4-14(20(24)25)9-13(12)5-6-15-10-26-18-17(15)21-11-23(2)19(18)22-16-7-8-16/h3-4,9-11,16H,7-8H2,1-2H3,(H,24,25)/p+1. The highest BCUT2D eigenvalue weighted by atomic mass is 32.1. The second kappa shape index (κ2) is 6.43. The molecule has 4 rings (SSSR count). The van der Waals surface area contributed by atoms with Crippen LogP contribution in [0.2, 0.25) is 0 Å². The number of rotatable bonds is 3. The van der Waals surface area contributed by atoms with Gasteiger partial charge in [0.2, 0.25) is 12.1 Å². The van der Waals surface area contributed by atoms with E-state index < -0.39 is 5.97 Å². The van der Waals surface area contributed by atoms with Crippen LogP contribution in [0.15, 0.2) is 29.9 Å². The fraction of sp³-hybridized carbons (Fsp3) is 0.250. The molecule has 0 atom stereocenters. The first-order chi connectivity index (χ1) is 12.5. The normalized spacial score (nSPS) is 13.3. The molecule has 0 spiro atoms. The van der Waals surface area contributed by atoms with Gasteiger partial charge in [-0.15, -0.1) is 16.3 Å². The fourth-order valence-electron chi connectivity index (χ4n) is 2.71. The maximum Gasteiger partial charge on any atom is 0.335 e. The first-order valence-corrected chi connectivity index (χ1v) is 9.29. The van der Waals surface area contributed by atoms with Crippen molar-refractivity contribution >= 4 is 33.3 Å². The number of aryl methyl sites for hydroxylation is 2. The van der Waals surface area contributed by atoms with Gasteiger partial charge in [0.05, 0.1) is 24.2 Å². The van der Waals surface area contributed by atoms with Crippen molar-refractivity contribution in [3.8, 4) is 11.8 Å². The number of fused-ring (bicyclic) bond motifs is 1. The minimum Gasteiger partial charge on any atom is -0.478 e. The number of hydrogen-bond acceptors (Lipinski definition) is 4. The van der Waals surface area contributed by atoms with E-state index in [4.69, 9.17) is 5.11 Å². The Kier molecular flexibility index (Phi) is 4.09. The molecule has 130 valence electrons. The van der Waals surface area contributed by atoms with Crippen molar-refractivity contribution in [1.82, 2.24) is 4.98 Å². The lowest BCUT2D eigenvalue weighted by Gasteiger charge is -2.03. The minimum atomic E-state index is -0.945. The maximum atomic E-state index is 11.2. The Labute approximate surface area is 155 Å². The van der Waals surface area contributed by atoms with E-state index in [0.717, 1.165) is 32.7 Å². The average Bonchev–Trinajstić information content (AvgIpc) is 3.34. The number of benzene rings is 1. The molecular weight excluding hydrogens is 346 g/mol. The molecule has 6 heteroatoms. The molecule has 0 bridgehead atoms. The predicted octanol–water partition coefficient (Wildman–Crippen LogP) is 3.10. The molecule has 2 aromatic heterocycles. The smallest absolute Gasteiger partial charge is 0.335 e. The lowest BCUT2D eigenvalue weighted by molar-refractivity contribution is -0.659. The second-order valence-electron chi connectivity index (χ2n) is 6.53. The van der Waals surface area contributed by atoms with E-state index >= 15 is 0 Å². The monoisotopic (exact) mass is 364 g/mol. The van der Waals surface area contributed by atoms with Crippen LogP contribution in [-0.4, -0.2) is 22.1 Å². The Morgan fingerprint density at radius 1 is 1.35 bits per heavy atom. The third kappa shape index (κ3) is 3.14. The van der Waals surface area contributed by atoms with Gasteiger partial charge in [-0.3, -0.25) is 0 Å². The summed E-state index contributed by atoms with van der Waals surface area (Å²) in [5, 5.41) is 14.7. The van der Waals surface area contributed by atoms with Crippen LogP contribution in [0.25, 0.3) is 10.2 Å². The van der Waals surface area contributed by atoms with Gasteiger partial charge in [-0.25, -0.2) is 9.36 Å². The third-order valence-corrected chi connectivity index (χ3v) is 5.40. The molecule has 1 aliphatic carbocycles. The number of aromatic nitrogens is 2. The highest BCUT2D eigenvalue weighted by Gasteiger charge is 2.28. The van der Waals surface area contributed by atoms with Gasteiger partial charge in [-0.1, -0.05) is 17.9 Å². The van der Waals surface area contributed by atoms with E-state index in [-0.39, 0.29) is 5.56 Å². The van der Waals surface area contributed by atoms with E-state index in [1.165, 1.54) is 12.8 Å². The number of nitrogens with zero attached hydrogens (tertiary/aromatic N) is 2. The van der Waals surface area contributed by atoms with Gasteiger partial charge in [0.15, 0.2) is 5.52 Å². The lowest BCUT2D eigenvalue weighted by atomic mass is 10.1. The number of carbonyl (C=O) groups is 1. The zero-order valence-corrected chi connectivity index (χ0v) is 15.4. The highest BCUT2D eigenvalue weighted by molar-refractivity contribution is 7.18. The molecule has 5 nitrogen and oxygen atoms in total. The van der Waals surface area contributed by atoms with Gasteiger partial charge < -0.3 is 10.4 Å². The molecule has 1 fully saturated rings. The summed E-state index contributed by atoms with van der Waals surface area (Å²) >= 11 is 1.63. The predicted molar refractivity (Wildman–Crippen MR) is 102 cm³/mol. The number of nitrogens with one attached hydrogen (secondary N) is 1. The molecule has 2 heterocycles. The lowest BCUT2D eigenvalue weighted by Crippen LogP contribution is -2.33. The molecule has 1 saturated carbocycles. The zero-order valence-electron chi connectivity index (χ0n) is 14.5. The zero-order chi connectivity index (χ0) is 18.3. The largest absolute Gasteiger partial charge is 0.478 e. The van der Waals surface area contributed by atoms with Crippen molar-refractivity contribution < 1.29 is 14.5 Å². The number of carboxylic acids is 1. The Bertz CT molecular complexity index is 1090. The van der Waals surface area contributed by atoms with Crippen LogP contribution >= 0.6 is 11.3 Å². The summed E-state index contributed by atoms with van der Waals surface area (Å²) in [6, 6.07) is 5.56. The summed E-state index contributed by atoms with van der Waals surface area (Å²) in [6.45, 7) is 1.93. The van der Waals surface area contributed by atoms with Crippen molar-refractivity contribution in [3.63, 3.8) is 0 Å². The van der Waals surface area contributed by atoms with Crippen molar-refractivity contribution in [2.75, 3.05) is 5.32 Å². The number of carboxylic acid groups (broad SMARTS) is 1. The molecule has 1 aromatic carbocycles. The Balaban J connectivity index is 1.74. The molecular formula is C20H18N3O2S+. The Hall–Kier alpha value is -2.91. The average molecular weight is 364 g/mol. The van der Waals surface area contributed by atoms with Gasteiger partial charge in [0.25, 0.3) is 0 Å². The summed E-state index contributed by atoms with van der Waals surface area (Å²) in [6.07, 6.45) is 4.23. The molecule has 0 saturated heterocycles. The Morgan fingerprint density at radius 2 is 2.12 bits per heavy atom. The van der Waals surface area contributed by atoms with E-state index in [9.17, 15) is 4.79 Å². The molecule has 2 N–H and O–H groups in total. The van der Waals surface area contributed by atoms with Gasteiger partial charge in [0, 0.05) is 10.9 Å². The molecule has 0 radical (unpaired) electrons. The van der Waals surface area contributed by atoms with E-state index in [2.05, 4.69) is 22.1 Å². The van der Waals surface area contributed by atoms with Crippen LogP contribution in [-0.2, 0) is 7.05 Å². The second-order valence-corrected chi connectivity index (χ2v) is 7.41. The molecule has 26 heavy (non-hydrogen) atoms. The summed E-state index contributed by atoms with van der Waals surface area (Å²) in [5.41, 5.74) is 3.68. The van der Waals surface area contributed by atoms with E-state index in [0.29, 0.717) is 6.04 Å². The third-order valence-electron chi connectivity index (χ3n) is 4.43. The first-order valence-electron chi connectivity index (χ1n) is 8.41. The van der Waals surface area contributed by atoms with Gasteiger partial charge >= 0.3 is 5.97 Å². The van der Waals surface area contributed by atoms with Crippen LogP contribution in [0.5, 0.6) is 0 Å². The summed E-state index contributed by atoms with van der Waals surface area (Å²) in [7, 11) is 1.99.